The molecule has 6 rings (SSSR count). The summed E-state index contributed by atoms with van der Waals surface area (Å²) in [7, 11) is 0. The van der Waals surface area contributed by atoms with Gasteiger partial charge in [-0.2, -0.15) is 0 Å². The second-order valence-corrected chi connectivity index (χ2v) is 15.1. The van der Waals surface area contributed by atoms with Crippen LogP contribution in [0.2, 0.25) is 0 Å². The molecule has 0 aliphatic heterocycles. The van der Waals surface area contributed by atoms with E-state index in [9.17, 15) is 9.90 Å². The summed E-state index contributed by atoms with van der Waals surface area (Å²) in [5.74, 6) is 1.68. The standard InChI is InChI=1S/C30H26N3O.C15H28O2.Ir/c1-16(2)20-9-6-8-19-13-15-23-26(32-29(17(3)4)33-27(23)25(19)20)24-11-7-10-21-22-14-12-18(5)31-30(22)34-28(21)24;1-7-14(5,8-2)12(16)11-13(17)15(6,9-3)10-4;/h6-10,12-17H,1-5H3;11,16H,7-10H2,1-6H3;/q-1;;/b;12-11-;. The van der Waals surface area contributed by atoms with Crippen LogP contribution in [0.5, 0.6) is 0 Å². The van der Waals surface area contributed by atoms with Crippen molar-refractivity contribution < 1.29 is 34.4 Å². The molecule has 52 heavy (non-hydrogen) atoms. The molecule has 3 aromatic heterocycles. The average molecular weight is 877 g/mol. The van der Waals surface area contributed by atoms with E-state index in [1.54, 1.807) is 0 Å². The third kappa shape index (κ3) is 7.72. The van der Waals surface area contributed by atoms with Crippen molar-refractivity contribution in [3.05, 3.63) is 89.6 Å². The minimum absolute atomic E-state index is 0. The molecule has 1 radical (unpaired) electrons. The largest absolute Gasteiger partial charge is 0.512 e. The average Bonchev–Trinajstić information content (AvgIpc) is 3.51. The van der Waals surface area contributed by atoms with E-state index in [1.807, 2.05) is 66.7 Å². The van der Waals surface area contributed by atoms with Gasteiger partial charge in [-0.05, 0) is 67.0 Å². The van der Waals surface area contributed by atoms with Crippen molar-refractivity contribution in [1.82, 2.24) is 15.0 Å². The van der Waals surface area contributed by atoms with Crippen LogP contribution in [0.1, 0.15) is 124 Å². The molecule has 0 fully saturated rings. The Labute approximate surface area is 322 Å². The van der Waals surface area contributed by atoms with Crippen LogP contribution in [0.15, 0.2) is 70.8 Å². The molecule has 7 heteroatoms. The number of benzene rings is 3. The van der Waals surface area contributed by atoms with E-state index < -0.39 is 0 Å². The molecule has 0 aliphatic rings. The number of aliphatic hydroxyl groups is 1. The molecule has 0 unspecified atom stereocenters. The Kier molecular flexibility index (Phi) is 12.9. The van der Waals surface area contributed by atoms with Crippen LogP contribution in [0.25, 0.3) is 55.0 Å². The van der Waals surface area contributed by atoms with Crippen LogP contribution >= 0.6 is 0 Å². The number of fused-ring (bicyclic) bond motifs is 6. The minimum atomic E-state index is -0.337. The maximum atomic E-state index is 12.2. The second kappa shape index (κ2) is 16.4. The molecule has 277 valence electrons. The zero-order valence-electron chi connectivity index (χ0n) is 32.7. The maximum absolute atomic E-state index is 12.2. The predicted molar refractivity (Wildman–Crippen MR) is 212 cm³/mol. The predicted octanol–water partition coefficient (Wildman–Crippen LogP) is 12.7. The quantitative estimate of drug-likeness (QED) is 0.0638. The third-order valence-electron chi connectivity index (χ3n) is 11.2. The van der Waals surface area contributed by atoms with Gasteiger partial charge in [-0.15, -0.1) is 18.2 Å². The number of rotatable bonds is 10. The molecule has 0 bridgehead atoms. The molecule has 6 aromatic rings. The van der Waals surface area contributed by atoms with Crippen LogP contribution in [0, 0.1) is 23.8 Å². The Morgan fingerprint density at radius 3 is 2.10 bits per heavy atom. The van der Waals surface area contributed by atoms with Crippen molar-refractivity contribution >= 4 is 49.5 Å². The van der Waals surface area contributed by atoms with Crippen molar-refractivity contribution in [2.75, 3.05) is 0 Å². The summed E-state index contributed by atoms with van der Waals surface area (Å²) < 4.78 is 6.31. The number of hydrogen-bond donors (Lipinski definition) is 1. The van der Waals surface area contributed by atoms with Gasteiger partial charge in [0.25, 0.3) is 0 Å². The van der Waals surface area contributed by atoms with E-state index in [0.29, 0.717) is 11.6 Å². The molecule has 3 heterocycles. The fraction of sp³-hybridized carbons (Fsp3) is 0.422. The SMILES string of the molecule is CCC(C)(CC)C(=O)/C=C(\O)C(C)(CC)CC.Cc1ccc2c(n1)oc1c(-c3nc(C(C)C)nc4c3ccc3cccc(C(C)C)c34)[c-]ccc12.[Ir]. The fourth-order valence-corrected chi connectivity index (χ4v) is 6.51. The molecule has 6 nitrogen and oxygen atoms in total. The van der Waals surface area contributed by atoms with E-state index in [0.717, 1.165) is 75.7 Å². The summed E-state index contributed by atoms with van der Waals surface area (Å²) in [4.78, 5) is 27.0. The van der Waals surface area contributed by atoms with E-state index >= 15 is 0 Å². The zero-order chi connectivity index (χ0) is 37.2. The molecular weight excluding hydrogens is 823 g/mol. The Morgan fingerprint density at radius 1 is 0.827 bits per heavy atom. The van der Waals surface area contributed by atoms with Crippen molar-refractivity contribution in [1.29, 1.82) is 0 Å². The summed E-state index contributed by atoms with van der Waals surface area (Å²) >= 11 is 0. The van der Waals surface area contributed by atoms with Crippen molar-refractivity contribution in [2.45, 2.75) is 114 Å². The molecule has 0 spiro atoms. The van der Waals surface area contributed by atoms with Crippen LogP contribution in [-0.4, -0.2) is 25.8 Å². The number of aliphatic hydroxyl groups excluding tert-OH is 1. The molecule has 3 aromatic carbocycles. The van der Waals surface area contributed by atoms with Gasteiger partial charge in [0, 0.05) is 65.1 Å². The van der Waals surface area contributed by atoms with E-state index in [4.69, 9.17) is 14.4 Å². The first kappa shape index (κ1) is 40.8. The van der Waals surface area contributed by atoms with Gasteiger partial charge in [0.2, 0.25) is 5.71 Å². The molecule has 0 saturated carbocycles. The first-order valence-corrected chi connectivity index (χ1v) is 18.6. The van der Waals surface area contributed by atoms with Crippen LogP contribution in [0.4, 0.5) is 0 Å². The number of pyridine rings is 1. The number of aryl methyl sites for hydroxylation is 1. The van der Waals surface area contributed by atoms with Crippen molar-refractivity contribution in [3.63, 3.8) is 0 Å². The van der Waals surface area contributed by atoms with E-state index in [2.05, 4.69) is 75.1 Å². The Morgan fingerprint density at radius 2 is 1.48 bits per heavy atom. The minimum Gasteiger partial charge on any atom is -0.512 e. The maximum Gasteiger partial charge on any atom is 0.216 e. The van der Waals surface area contributed by atoms with Gasteiger partial charge in [0.1, 0.15) is 11.6 Å². The fourth-order valence-electron chi connectivity index (χ4n) is 6.51. The van der Waals surface area contributed by atoms with Crippen LogP contribution in [-0.2, 0) is 24.9 Å². The Balaban J connectivity index is 0.000000289. The summed E-state index contributed by atoms with van der Waals surface area (Å²) in [6.45, 7) is 22.8. The number of nitrogens with zero attached hydrogens (tertiary/aromatic N) is 3. The van der Waals surface area contributed by atoms with Gasteiger partial charge < -0.3 is 9.52 Å². The monoisotopic (exact) mass is 877 g/mol. The third-order valence-corrected chi connectivity index (χ3v) is 11.2. The second-order valence-electron chi connectivity index (χ2n) is 15.1. The van der Waals surface area contributed by atoms with Gasteiger partial charge in [0.15, 0.2) is 5.78 Å². The summed E-state index contributed by atoms with van der Waals surface area (Å²) in [6.07, 6.45) is 4.75. The molecule has 0 aliphatic carbocycles. The van der Waals surface area contributed by atoms with E-state index in [1.165, 1.54) is 22.4 Å². The Bertz CT molecular complexity index is 2240. The molecule has 0 saturated heterocycles. The number of carbonyl (C=O) groups excluding carboxylic acids is 1. The normalized spacial score (nSPS) is 12.5. The number of hydrogen-bond acceptors (Lipinski definition) is 6. The molecular formula is C45H54IrN3O3-. The van der Waals surface area contributed by atoms with Crippen LogP contribution < -0.4 is 0 Å². The first-order chi connectivity index (χ1) is 24.2. The first-order valence-electron chi connectivity index (χ1n) is 18.6. The molecule has 0 amide bonds. The molecule has 1 N–H and O–H groups in total. The number of carbonyl (C=O) groups is 1. The Hall–Kier alpha value is -3.93. The number of ketones is 1. The number of furan rings is 1. The van der Waals surface area contributed by atoms with Crippen molar-refractivity contribution in [3.8, 4) is 11.3 Å². The smallest absolute Gasteiger partial charge is 0.216 e. The summed E-state index contributed by atoms with van der Waals surface area (Å²) in [6, 6.07) is 22.3. The van der Waals surface area contributed by atoms with Gasteiger partial charge in [-0.1, -0.05) is 111 Å². The van der Waals surface area contributed by atoms with Gasteiger partial charge in [-0.3, -0.25) is 9.78 Å². The topological polar surface area (TPSA) is 89.1 Å². The summed E-state index contributed by atoms with van der Waals surface area (Å²) in [5, 5.41) is 15.6. The summed E-state index contributed by atoms with van der Waals surface area (Å²) in [5.41, 5.74) is 5.74. The van der Waals surface area contributed by atoms with Gasteiger partial charge >= 0.3 is 0 Å². The molecule has 0 atom stereocenters. The zero-order valence-corrected chi connectivity index (χ0v) is 35.1. The van der Waals surface area contributed by atoms with Gasteiger partial charge in [0.05, 0.1) is 11.1 Å². The number of allylic oxidation sites excluding steroid dienone is 2. The number of aromatic nitrogens is 3. The van der Waals surface area contributed by atoms with E-state index in [-0.39, 0.29) is 48.4 Å². The van der Waals surface area contributed by atoms with Crippen molar-refractivity contribution in [2.24, 2.45) is 10.8 Å². The van der Waals surface area contributed by atoms with Gasteiger partial charge in [-0.25, -0.2) is 9.97 Å². The van der Waals surface area contributed by atoms with Crippen LogP contribution in [0.3, 0.4) is 0 Å².